The summed E-state index contributed by atoms with van der Waals surface area (Å²) < 4.78 is 20.6. The van der Waals surface area contributed by atoms with Crippen LogP contribution in [-0.4, -0.2) is 93.0 Å². The van der Waals surface area contributed by atoms with Gasteiger partial charge in [-0.2, -0.15) is 4.98 Å². The van der Waals surface area contributed by atoms with Crippen LogP contribution in [0.3, 0.4) is 0 Å². The molecular formula is C35H41N7O4S. The molecule has 7 rings (SSSR count). The molecule has 3 aliphatic heterocycles. The number of pyridine rings is 1. The van der Waals surface area contributed by atoms with E-state index in [2.05, 4.69) is 27.6 Å². The Morgan fingerprint density at radius 3 is 2.51 bits per heavy atom. The number of nitrogens with zero attached hydrogens (tertiary/aromatic N) is 5. The largest absolute Gasteiger partial charge is 0.611 e. The topological polar surface area (TPSA) is 128 Å². The van der Waals surface area contributed by atoms with Crippen molar-refractivity contribution in [2.24, 2.45) is 0 Å². The average molecular weight is 656 g/mol. The Balaban J connectivity index is 1.18. The zero-order valence-electron chi connectivity index (χ0n) is 26.7. The van der Waals surface area contributed by atoms with E-state index in [1.807, 2.05) is 53.4 Å². The number of piperidine rings is 1. The number of anilines is 2. The Morgan fingerprint density at radius 2 is 1.81 bits per heavy atom. The van der Waals surface area contributed by atoms with Crippen molar-refractivity contribution in [3.8, 4) is 11.1 Å². The second-order valence-electron chi connectivity index (χ2n) is 12.6. The first-order valence-electron chi connectivity index (χ1n) is 16.5. The van der Waals surface area contributed by atoms with E-state index < -0.39 is 11.2 Å². The van der Waals surface area contributed by atoms with Crippen molar-refractivity contribution in [1.29, 1.82) is 0 Å². The molecule has 47 heavy (non-hydrogen) atoms. The number of likely N-dealkylation sites (tertiary alicyclic amines) is 2. The van der Waals surface area contributed by atoms with Gasteiger partial charge in [0, 0.05) is 74.9 Å². The zero-order valence-corrected chi connectivity index (χ0v) is 27.5. The predicted octanol–water partition coefficient (Wildman–Crippen LogP) is 3.69. The van der Waals surface area contributed by atoms with Gasteiger partial charge in [0.25, 0.3) is 5.56 Å². The van der Waals surface area contributed by atoms with Gasteiger partial charge >= 0.3 is 0 Å². The SMILES string of the molecule is CN1CCC([S+]([O-])c2ccc(-c3cc4cnc(Nc5ccc(C6CNCCO6)cc5)nc4n(CC(=O)N4CCCC4)c3=O)cc2)CC1. The smallest absolute Gasteiger partial charge is 0.260 e. The third kappa shape index (κ3) is 7.07. The molecule has 246 valence electrons. The summed E-state index contributed by atoms with van der Waals surface area (Å²) in [6, 6.07) is 17.2. The van der Waals surface area contributed by atoms with E-state index in [9.17, 15) is 14.1 Å². The Labute approximate surface area is 277 Å². The molecule has 0 saturated carbocycles. The molecule has 3 saturated heterocycles. The van der Waals surface area contributed by atoms with Gasteiger partial charge in [0.15, 0.2) is 4.90 Å². The quantitative estimate of drug-likeness (QED) is 0.273. The highest BCUT2D eigenvalue weighted by molar-refractivity contribution is 7.92. The van der Waals surface area contributed by atoms with Crippen LogP contribution in [0.25, 0.3) is 22.2 Å². The highest BCUT2D eigenvalue weighted by Crippen LogP contribution is 2.28. The molecule has 12 heteroatoms. The summed E-state index contributed by atoms with van der Waals surface area (Å²) >= 11 is -1.11. The molecule has 0 aliphatic carbocycles. The van der Waals surface area contributed by atoms with Gasteiger partial charge in [0.05, 0.1) is 12.7 Å². The number of carbonyl (C=O) groups excluding carboxylic acids is 1. The van der Waals surface area contributed by atoms with Gasteiger partial charge in [-0.1, -0.05) is 12.1 Å². The molecule has 5 heterocycles. The number of rotatable bonds is 8. The lowest BCUT2D eigenvalue weighted by Crippen LogP contribution is -2.37. The van der Waals surface area contributed by atoms with Gasteiger partial charge in [-0.25, -0.2) is 4.98 Å². The van der Waals surface area contributed by atoms with Crippen LogP contribution in [0.1, 0.15) is 37.4 Å². The lowest BCUT2D eigenvalue weighted by Gasteiger charge is -2.30. The van der Waals surface area contributed by atoms with Gasteiger partial charge in [0.1, 0.15) is 17.4 Å². The van der Waals surface area contributed by atoms with Crippen LogP contribution in [0.4, 0.5) is 11.6 Å². The number of nitrogens with one attached hydrogen (secondary N) is 2. The molecule has 2 N–H and O–H groups in total. The van der Waals surface area contributed by atoms with E-state index in [1.54, 1.807) is 12.3 Å². The third-order valence-corrected chi connectivity index (χ3v) is 11.2. The molecule has 11 nitrogen and oxygen atoms in total. The summed E-state index contributed by atoms with van der Waals surface area (Å²) in [4.78, 5) is 41.6. The van der Waals surface area contributed by atoms with Gasteiger partial charge in [-0.15, -0.1) is 0 Å². The number of hydrogen-bond acceptors (Lipinski definition) is 9. The summed E-state index contributed by atoms with van der Waals surface area (Å²) in [5.74, 6) is 0.228. The number of ether oxygens (including phenoxy) is 1. The lowest BCUT2D eigenvalue weighted by molar-refractivity contribution is -0.130. The molecular weight excluding hydrogens is 614 g/mol. The number of carbonyl (C=O) groups is 1. The van der Waals surface area contributed by atoms with Crippen LogP contribution in [0, 0.1) is 0 Å². The molecule has 2 unspecified atom stereocenters. The van der Waals surface area contributed by atoms with Crippen LogP contribution in [0.15, 0.2) is 70.5 Å². The minimum atomic E-state index is -1.11. The zero-order chi connectivity index (χ0) is 32.3. The maximum absolute atomic E-state index is 14.1. The molecule has 0 spiro atoms. The van der Waals surface area contributed by atoms with E-state index in [0.29, 0.717) is 47.8 Å². The van der Waals surface area contributed by atoms with Gasteiger partial charge in [-0.3, -0.25) is 14.2 Å². The average Bonchev–Trinajstić information content (AvgIpc) is 3.66. The van der Waals surface area contributed by atoms with E-state index in [4.69, 9.17) is 9.72 Å². The Morgan fingerprint density at radius 1 is 1.06 bits per heavy atom. The Bertz CT molecular complexity index is 1760. The summed E-state index contributed by atoms with van der Waals surface area (Å²) in [5.41, 5.74) is 3.12. The minimum Gasteiger partial charge on any atom is -0.611 e. The molecule has 2 aromatic heterocycles. The van der Waals surface area contributed by atoms with Crippen molar-refractivity contribution < 1.29 is 14.1 Å². The fourth-order valence-electron chi connectivity index (χ4n) is 6.62. The summed E-state index contributed by atoms with van der Waals surface area (Å²) in [6.45, 7) is 5.49. The fraction of sp³-hybridized carbons (Fsp3) is 0.429. The van der Waals surface area contributed by atoms with Crippen molar-refractivity contribution in [2.45, 2.75) is 48.5 Å². The van der Waals surface area contributed by atoms with Crippen LogP contribution < -0.4 is 16.2 Å². The molecule has 4 aromatic rings. The summed E-state index contributed by atoms with van der Waals surface area (Å²) in [5, 5.41) is 7.39. The number of fused-ring (bicyclic) bond motifs is 1. The van der Waals surface area contributed by atoms with E-state index in [1.165, 1.54) is 4.57 Å². The fourth-order valence-corrected chi connectivity index (χ4v) is 8.05. The lowest BCUT2D eigenvalue weighted by atomic mass is 10.1. The molecule has 0 radical (unpaired) electrons. The number of benzene rings is 2. The van der Waals surface area contributed by atoms with Gasteiger partial charge in [-0.05, 0) is 84.7 Å². The van der Waals surface area contributed by atoms with Crippen molar-refractivity contribution in [1.82, 2.24) is 29.7 Å². The number of hydrogen-bond donors (Lipinski definition) is 2. The molecule has 2 aromatic carbocycles. The number of morpholine rings is 1. The third-order valence-electron chi connectivity index (χ3n) is 9.41. The van der Waals surface area contributed by atoms with Crippen molar-refractivity contribution in [3.63, 3.8) is 0 Å². The molecule has 2 atom stereocenters. The number of amides is 1. The first-order valence-corrected chi connectivity index (χ1v) is 17.7. The molecule has 3 fully saturated rings. The molecule has 0 bridgehead atoms. The molecule has 1 amide bonds. The Kier molecular flexibility index (Phi) is 9.55. The van der Waals surface area contributed by atoms with Crippen LogP contribution in [0.5, 0.6) is 0 Å². The van der Waals surface area contributed by atoms with Crippen molar-refractivity contribution in [3.05, 3.63) is 76.7 Å². The Hall–Kier alpha value is -3.81. The second kappa shape index (κ2) is 14.1. The monoisotopic (exact) mass is 655 g/mol. The minimum absolute atomic E-state index is 0.0176. The summed E-state index contributed by atoms with van der Waals surface area (Å²) in [7, 11) is 2.09. The van der Waals surface area contributed by atoms with E-state index >= 15 is 0 Å². The first kappa shape index (κ1) is 31.8. The maximum Gasteiger partial charge on any atom is 0.260 e. The van der Waals surface area contributed by atoms with Gasteiger partial charge in [0.2, 0.25) is 11.9 Å². The van der Waals surface area contributed by atoms with Crippen LogP contribution in [-0.2, 0) is 27.3 Å². The molecule has 3 aliphatic rings. The predicted molar refractivity (Wildman–Crippen MR) is 183 cm³/mol. The normalized spacial score (nSPS) is 20.0. The first-order chi connectivity index (χ1) is 22.9. The summed E-state index contributed by atoms with van der Waals surface area (Å²) in [6.07, 6.45) is 5.44. The second-order valence-corrected chi connectivity index (χ2v) is 14.4. The van der Waals surface area contributed by atoms with E-state index in [-0.39, 0.29) is 29.4 Å². The van der Waals surface area contributed by atoms with Crippen molar-refractivity contribution >= 4 is 39.8 Å². The highest BCUT2D eigenvalue weighted by Gasteiger charge is 2.29. The van der Waals surface area contributed by atoms with E-state index in [0.717, 1.165) is 68.0 Å². The van der Waals surface area contributed by atoms with Gasteiger partial charge < -0.3 is 29.7 Å². The maximum atomic E-state index is 14.1. The van der Waals surface area contributed by atoms with Crippen molar-refractivity contribution in [2.75, 3.05) is 58.2 Å². The highest BCUT2D eigenvalue weighted by atomic mass is 32.2. The van der Waals surface area contributed by atoms with Crippen LogP contribution in [0.2, 0.25) is 0 Å². The van der Waals surface area contributed by atoms with Crippen LogP contribution >= 0.6 is 0 Å². The number of aromatic nitrogens is 3. The standard InChI is InChI=1S/C35H41N7O4S/c1-40-17-12-29(13-18-40)47(45)28-10-6-24(7-11-28)30-20-26-21-37-35(38-27-8-4-25(5-9-27)31-22-36-14-19-46-31)39-33(26)42(34(30)44)23-32(43)41-15-2-3-16-41/h4-11,20-21,29,31,36H,2-3,12-19,22-23H2,1H3,(H,37,38,39).